The first-order chi connectivity index (χ1) is 12.7. The van der Waals surface area contributed by atoms with Crippen LogP contribution in [0.2, 0.25) is 0 Å². The third-order valence-electron chi connectivity index (χ3n) is 4.16. The Morgan fingerprint density at radius 2 is 1.96 bits per heavy atom. The van der Waals surface area contributed by atoms with Gasteiger partial charge in [0, 0.05) is 35.1 Å². The lowest BCUT2D eigenvalue weighted by Gasteiger charge is -2.12. The van der Waals surface area contributed by atoms with Gasteiger partial charge in [-0.2, -0.15) is 10.4 Å². The lowest BCUT2D eigenvalue weighted by molar-refractivity contribution is 0.963. The molecule has 0 radical (unpaired) electrons. The van der Waals surface area contributed by atoms with Gasteiger partial charge in [-0.3, -0.25) is 5.10 Å². The van der Waals surface area contributed by atoms with E-state index in [2.05, 4.69) is 31.6 Å². The number of H-pyrrole nitrogens is 1. The first-order valence-electron chi connectivity index (χ1n) is 8.29. The maximum atomic E-state index is 8.70. The summed E-state index contributed by atoms with van der Waals surface area (Å²) in [4.78, 5) is 8.59. The molecule has 1 saturated carbocycles. The zero-order valence-electron chi connectivity index (χ0n) is 13.9. The summed E-state index contributed by atoms with van der Waals surface area (Å²) in [7, 11) is 0. The summed E-state index contributed by atoms with van der Waals surface area (Å²) < 4.78 is 1.43. The van der Waals surface area contributed by atoms with Crippen LogP contribution in [0.15, 0.2) is 42.7 Å². The minimum absolute atomic E-state index is 0.396. The molecule has 0 aliphatic heterocycles. The molecule has 8 heteroatoms. The molecule has 0 unspecified atom stereocenters. The number of aromatic nitrogens is 4. The van der Waals surface area contributed by atoms with Gasteiger partial charge >= 0.3 is 0 Å². The van der Waals surface area contributed by atoms with Gasteiger partial charge in [0.15, 0.2) is 5.82 Å². The van der Waals surface area contributed by atoms with Crippen LogP contribution in [0.4, 0.5) is 23.1 Å². The number of halogens is 1. The van der Waals surface area contributed by atoms with Crippen LogP contribution in [0.5, 0.6) is 0 Å². The van der Waals surface area contributed by atoms with Crippen molar-refractivity contribution < 1.29 is 0 Å². The van der Waals surface area contributed by atoms with Crippen molar-refractivity contribution in [3.05, 3.63) is 54.0 Å². The Kier molecular flexibility index (Phi) is 4.42. The van der Waals surface area contributed by atoms with Crippen molar-refractivity contribution in [2.45, 2.75) is 25.2 Å². The summed E-state index contributed by atoms with van der Waals surface area (Å²) in [6.07, 6.45) is 6.07. The third kappa shape index (κ3) is 3.60. The number of benzene rings is 1. The predicted molar refractivity (Wildman–Crippen MR) is 99.6 cm³/mol. The highest BCUT2D eigenvalue weighted by molar-refractivity contribution is 6.29. The number of hydrogen-bond donors (Lipinski definition) is 2. The van der Waals surface area contributed by atoms with E-state index in [0.29, 0.717) is 29.8 Å². The molecule has 1 fully saturated rings. The highest BCUT2D eigenvalue weighted by Crippen LogP contribution is 2.40. The number of nitrogens with zero attached hydrogens (tertiary/aromatic N) is 5. The number of nitrogens with one attached hydrogen (secondary N) is 2. The Balaban J connectivity index is 1.43. The summed E-state index contributed by atoms with van der Waals surface area (Å²) in [5.74, 6) is 1.68. The van der Waals surface area contributed by atoms with E-state index >= 15 is 0 Å². The van der Waals surface area contributed by atoms with Gasteiger partial charge in [-0.25, -0.2) is 14.4 Å². The lowest BCUT2D eigenvalue weighted by Crippen LogP contribution is -2.05. The zero-order valence-corrected chi connectivity index (χ0v) is 14.6. The number of hydrogen-bond acceptors (Lipinski definition) is 6. The molecular weight excluding hydrogens is 350 g/mol. The normalized spacial score (nSPS) is 13.2. The van der Waals surface area contributed by atoms with E-state index in [0.717, 1.165) is 16.9 Å². The van der Waals surface area contributed by atoms with Crippen LogP contribution < -0.4 is 9.74 Å². The monoisotopic (exact) mass is 365 g/mol. The van der Waals surface area contributed by atoms with Crippen LogP contribution in [0, 0.1) is 11.3 Å². The third-order valence-corrected chi connectivity index (χ3v) is 4.53. The fourth-order valence-corrected chi connectivity index (χ4v) is 2.75. The van der Waals surface area contributed by atoms with Gasteiger partial charge in [0.05, 0.1) is 30.6 Å². The molecule has 4 rings (SSSR count). The number of aromatic amines is 1. The molecule has 7 nitrogen and oxygen atoms in total. The molecule has 1 aliphatic rings. The predicted octanol–water partition coefficient (Wildman–Crippen LogP) is 4.18. The van der Waals surface area contributed by atoms with Gasteiger partial charge in [-0.15, -0.1) is 0 Å². The van der Waals surface area contributed by atoms with Crippen molar-refractivity contribution in [1.82, 2.24) is 20.2 Å². The van der Waals surface area contributed by atoms with E-state index < -0.39 is 0 Å². The van der Waals surface area contributed by atoms with E-state index in [1.807, 2.05) is 30.3 Å². The highest BCUT2D eigenvalue weighted by Gasteiger charge is 2.26. The Bertz CT molecular complexity index is 923. The maximum absolute atomic E-state index is 8.70. The zero-order chi connectivity index (χ0) is 17.9. The van der Waals surface area contributed by atoms with Crippen LogP contribution >= 0.6 is 11.8 Å². The van der Waals surface area contributed by atoms with E-state index in [-0.39, 0.29) is 0 Å². The quantitative estimate of drug-likeness (QED) is 0.636. The molecule has 2 heterocycles. The van der Waals surface area contributed by atoms with Crippen molar-refractivity contribution >= 4 is 34.9 Å². The van der Waals surface area contributed by atoms with Gasteiger partial charge in [0.25, 0.3) is 0 Å². The molecule has 2 aromatic heterocycles. The number of nitriles is 1. The van der Waals surface area contributed by atoms with Crippen molar-refractivity contribution in [3.63, 3.8) is 0 Å². The van der Waals surface area contributed by atoms with Gasteiger partial charge in [0.2, 0.25) is 5.95 Å². The molecule has 0 saturated heterocycles. The smallest absolute Gasteiger partial charge is 0.227 e. The lowest BCUT2D eigenvalue weighted by atomic mass is 10.1. The Morgan fingerprint density at radius 1 is 1.23 bits per heavy atom. The van der Waals surface area contributed by atoms with Crippen LogP contribution in [-0.4, -0.2) is 20.2 Å². The van der Waals surface area contributed by atoms with Crippen molar-refractivity contribution in [2.24, 2.45) is 0 Å². The van der Waals surface area contributed by atoms with E-state index in [4.69, 9.17) is 17.0 Å². The molecular formula is C18H16ClN7. The molecule has 0 atom stereocenters. The SMILES string of the molecule is N#CCc1ccc(Nc2ncc(N(Cl)c3cc(C4CC4)[nH]n3)cn2)cc1. The van der Waals surface area contributed by atoms with Crippen LogP contribution in [0.3, 0.4) is 0 Å². The molecule has 0 spiro atoms. The second kappa shape index (κ2) is 7.02. The fraction of sp³-hybridized carbons (Fsp3) is 0.222. The Hall–Kier alpha value is -3.11. The maximum Gasteiger partial charge on any atom is 0.227 e. The minimum atomic E-state index is 0.396. The largest absolute Gasteiger partial charge is 0.324 e. The van der Waals surface area contributed by atoms with Crippen molar-refractivity contribution in [3.8, 4) is 6.07 Å². The van der Waals surface area contributed by atoms with E-state index in [9.17, 15) is 0 Å². The molecule has 3 aromatic rings. The summed E-state index contributed by atoms with van der Waals surface area (Å²) in [5, 5.41) is 19.1. The van der Waals surface area contributed by atoms with E-state index in [1.165, 1.54) is 17.3 Å². The molecule has 2 N–H and O–H groups in total. The van der Waals surface area contributed by atoms with Gasteiger partial charge < -0.3 is 5.32 Å². The number of anilines is 4. The molecule has 0 amide bonds. The van der Waals surface area contributed by atoms with Gasteiger partial charge in [0.1, 0.15) is 0 Å². The summed E-state index contributed by atoms with van der Waals surface area (Å²) in [6.45, 7) is 0. The van der Waals surface area contributed by atoms with Gasteiger partial charge in [-0.05, 0) is 30.5 Å². The molecule has 1 aromatic carbocycles. The first-order valence-corrected chi connectivity index (χ1v) is 8.63. The summed E-state index contributed by atoms with van der Waals surface area (Å²) in [6, 6.07) is 11.7. The summed E-state index contributed by atoms with van der Waals surface area (Å²) >= 11 is 6.35. The first kappa shape index (κ1) is 16.4. The van der Waals surface area contributed by atoms with Gasteiger partial charge in [-0.1, -0.05) is 12.1 Å². The standard InChI is InChI=1S/C18H16ClN7/c19-26(17-9-16(24-25-17)13-3-4-13)15-10-21-18(22-11-15)23-14-5-1-12(2-6-14)7-8-20/h1-2,5-6,9-11,13H,3-4,7H2,(H,24,25)(H,21,22,23). The Morgan fingerprint density at radius 3 is 2.62 bits per heavy atom. The Labute approximate surface area is 155 Å². The average molecular weight is 366 g/mol. The van der Waals surface area contributed by atoms with E-state index in [1.54, 1.807) is 12.4 Å². The highest BCUT2D eigenvalue weighted by atomic mass is 35.5. The van der Waals surface area contributed by atoms with Crippen LogP contribution in [0.1, 0.15) is 30.0 Å². The molecule has 130 valence electrons. The minimum Gasteiger partial charge on any atom is -0.324 e. The molecule has 26 heavy (non-hydrogen) atoms. The van der Waals surface area contributed by atoms with Crippen LogP contribution in [0.25, 0.3) is 0 Å². The average Bonchev–Trinajstić information content (AvgIpc) is 3.40. The van der Waals surface area contributed by atoms with Crippen molar-refractivity contribution in [1.29, 1.82) is 5.26 Å². The fourth-order valence-electron chi connectivity index (χ4n) is 2.58. The topological polar surface area (TPSA) is 93.5 Å². The second-order valence-corrected chi connectivity index (χ2v) is 6.50. The number of rotatable bonds is 6. The summed E-state index contributed by atoms with van der Waals surface area (Å²) in [5.41, 5.74) is 3.57. The molecule has 0 bridgehead atoms. The second-order valence-electron chi connectivity index (χ2n) is 6.16. The van der Waals surface area contributed by atoms with Crippen LogP contribution in [-0.2, 0) is 6.42 Å². The van der Waals surface area contributed by atoms with Crippen molar-refractivity contribution in [2.75, 3.05) is 9.74 Å². The molecule has 1 aliphatic carbocycles.